The molecule has 11 heteroatoms. The van der Waals surface area contributed by atoms with Crippen molar-refractivity contribution in [1.82, 2.24) is 4.98 Å². The molecule has 0 aliphatic carbocycles. The highest BCUT2D eigenvalue weighted by atomic mass is 32.2. The monoisotopic (exact) mass is 517 g/mol. The van der Waals surface area contributed by atoms with E-state index in [1.807, 2.05) is 0 Å². The lowest BCUT2D eigenvalue weighted by atomic mass is 10.2. The summed E-state index contributed by atoms with van der Waals surface area (Å²) < 4.78 is 68.4. The predicted octanol–water partition coefficient (Wildman–Crippen LogP) is 5.81. The lowest BCUT2D eigenvalue weighted by Gasteiger charge is -2.25. The maximum Gasteiger partial charge on any atom is 0.416 e. The summed E-state index contributed by atoms with van der Waals surface area (Å²) in [5, 5.41) is 4.60. The van der Waals surface area contributed by atoms with E-state index in [9.17, 15) is 26.4 Å². The number of anilines is 2. The van der Waals surface area contributed by atoms with Crippen molar-refractivity contribution in [2.45, 2.75) is 17.6 Å². The van der Waals surface area contributed by atoms with E-state index in [0.717, 1.165) is 22.5 Å². The Hall–Kier alpha value is -3.70. The fourth-order valence-corrected chi connectivity index (χ4v) is 5.30. The van der Waals surface area contributed by atoms with Crippen LogP contribution in [-0.2, 0) is 22.7 Å². The fraction of sp³-hybridized carbons (Fsp3) is 0.0833. The first kappa shape index (κ1) is 24.4. The van der Waals surface area contributed by atoms with Crippen LogP contribution < -0.4 is 9.62 Å². The van der Waals surface area contributed by atoms with E-state index in [1.54, 1.807) is 35.7 Å². The van der Waals surface area contributed by atoms with Gasteiger partial charge in [0.05, 0.1) is 22.7 Å². The first-order valence-corrected chi connectivity index (χ1v) is 12.5. The Bertz CT molecular complexity index is 1430. The van der Waals surface area contributed by atoms with Crippen LogP contribution in [0.15, 0.2) is 95.3 Å². The largest absolute Gasteiger partial charge is 0.416 e. The predicted molar refractivity (Wildman–Crippen MR) is 128 cm³/mol. The van der Waals surface area contributed by atoms with Gasteiger partial charge >= 0.3 is 6.18 Å². The van der Waals surface area contributed by atoms with Gasteiger partial charge in [0.2, 0.25) is 0 Å². The highest BCUT2D eigenvalue weighted by Crippen LogP contribution is 2.34. The molecule has 0 atom stereocenters. The summed E-state index contributed by atoms with van der Waals surface area (Å²) in [4.78, 5) is 16.3. The Kier molecular flexibility index (Phi) is 6.90. The van der Waals surface area contributed by atoms with Gasteiger partial charge in [-0.1, -0.05) is 42.5 Å². The zero-order chi connectivity index (χ0) is 25.1. The van der Waals surface area contributed by atoms with Crippen LogP contribution in [0.25, 0.3) is 0 Å². The number of thiazole rings is 1. The minimum Gasteiger partial charge on any atom is -0.298 e. The van der Waals surface area contributed by atoms with Crippen LogP contribution in [0.2, 0.25) is 0 Å². The number of halogens is 3. The second-order valence-electron chi connectivity index (χ2n) is 7.36. The van der Waals surface area contributed by atoms with Crippen LogP contribution >= 0.6 is 11.3 Å². The minimum atomic E-state index is -4.65. The third-order valence-electron chi connectivity index (χ3n) is 4.97. The number of carbonyl (C=O) groups is 1. The summed E-state index contributed by atoms with van der Waals surface area (Å²) in [5.74, 6) is -0.564. The van der Waals surface area contributed by atoms with Crippen LogP contribution in [0.4, 0.5) is 24.0 Å². The molecule has 180 valence electrons. The molecule has 0 saturated heterocycles. The Morgan fingerprint density at radius 1 is 0.971 bits per heavy atom. The molecule has 4 aromatic rings. The zero-order valence-corrected chi connectivity index (χ0v) is 19.6. The first-order valence-electron chi connectivity index (χ1n) is 10.2. The molecule has 6 nitrogen and oxygen atoms in total. The fourth-order valence-electron chi connectivity index (χ4n) is 3.28. The Morgan fingerprint density at radius 2 is 1.71 bits per heavy atom. The number of nitrogens with one attached hydrogen (secondary N) is 1. The van der Waals surface area contributed by atoms with Gasteiger partial charge in [0.1, 0.15) is 0 Å². The molecule has 0 radical (unpaired) electrons. The summed E-state index contributed by atoms with van der Waals surface area (Å²) >= 11 is 1.20. The topological polar surface area (TPSA) is 79.4 Å². The van der Waals surface area contributed by atoms with Gasteiger partial charge in [0.15, 0.2) is 5.13 Å². The highest BCUT2D eigenvalue weighted by molar-refractivity contribution is 7.92. The van der Waals surface area contributed by atoms with E-state index < -0.39 is 27.7 Å². The Labute approximate surface area is 203 Å². The summed E-state index contributed by atoms with van der Waals surface area (Å²) in [6, 6.07) is 17.9. The molecule has 1 amide bonds. The quantitative estimate of drug-likeness (QED) is 0.336. The number of benzene rings is 3. The number of aromatic nitrogens is 1. The maximum atomic E-state index is 13.7. The van der Waals surface area contributed by atoms with E-state index in [2.05, 4.69) is 10.3 Å². The lowest BCUT2D eigenvalue weighted by molar-refractivity contribution is -0.137. The van der Waals surface area contributed by atoms with Gasteiger partial charge in [-0.15, -0.1) is 11.3 Å². The summed E-state index contributed by atoms with van der Waals surface area (Å²) in [6.45, 7) is -0.208. The van der Waals surface area contributed by atoms with Crippen LogP contribution in [0.3, 0.4) is 0 Å². The molecule has 0 aliphatic heterocycles. The summed E-state index contributed by atoms with van der Waals surface area (Å²) in [6.07, 6.45) is -3.14. The second kappa shape index (κ2) is 9.88. The Morgan fingerprint density at radius 3 is 2.40 bits per heavy atom. The molecule has 35 heavy (non-hydrogen) atoms. The van der Waals surface area contributed by atoms with Crippen LogP contribution in [-0.4, -0.2) is 19.3 Å². The van der Waals surface area contributed by atoms with Crippen molar-refractivity contribution in [2.75, 3.05) is 9.62 Å². The molecule has 3 aromatic carbocycles. The molecule has 1 aromatic heterocycles. The molecular formula is C24H18F3N3O3S2. The highest BCUT2D eigenvalue weighted by Gasteiger charge is 2.33. The molecule has 0 spiro atoms. The molecule has 0 aliphatic rings. The number of nitrogens with zero attached hydrogens (tertiary/aromatic N) is 2. The van der Waals surface area contributed by atoms with Crippen molar-refractivity contribution >= 4 is 38.1 Å². The van der Waals surface area contributed by atoms with Crippen molar-refractivity contribution in [3.63, 3.8) is 0 Å². The third-order valence-corrected chi connectivity index (χ3v) is 7.43. The normalized spacial score (nSPS) is 11.7. The average Bonchev–Trinajstić information content (AvgIpc) is 3.36. The van der Waals surface area contributed by atoms with Crippen molar-refractivity contribution < 1.29 is 26.4 Å². The zero-order valence-electron chi connectivity index (χ0n) is 17.9. The van der Waals surface area contributed by atoms with Crippen LogP contribution in [0.5, 0.6) is 0 Å². The van der Waals surface area contributed by atoms with Gasteiger partial charge in [0.25, 0.3) is 15.9 Å². The molecule has 0 unspecified atom stereocenters. The van der Waals surface area contributed by atoms with Crippen LogP contribution in [0.1, 0.15) is 21.5 Å². The van der Waals surface area contributed by atoms with Crippen molar-refractivity contribution in [2.24, 2.45) is 0 Å². The summed E-state index contributed by atoms with van der Waals surface area (Å²) in [5.41, 5.74) is -0.489. The molecule has 0 saturated carbocycles. The first-order chi connectivity index (χ1) is 16.6. The lowest BCUT2D eigenvalue weighted by Crippen LogP contribution is -2.31. The number of rotatable bonds is 7. The van der Waals surface area contributed by atoms with Gasteiger partial charge in [0, 0.05) is 17.1 Å². The van der Waals surface area contributed by atoms with Gasteiger partial charge < -0.3 is 0 Å². The van der Waals surface area contributed by atoms with Gasteiger partial charge in [-0.25, -0.2) is 13.4 Å². The Balaban J connectivity index is 1.75. The smallest absolute Gasteiger partial charge is 0.298 e. The summed E-state index contributed by atoms with van der Waals surface area (Å²) in [7, 11) is -4.36. The van der Waals surface area contributed by atoms with Crippen molar-refractivity contribution in [3.05, 3.63) is 107 Å². The molecule has 0 bridgehead atoms. The van der Waals surface area contributed by atoms with Gasteiger partial charge in [-0.2, -0.15) is 13.2 Å². The number of carbonyl (C=O) groups excluding carboxylic acids is 1. The maximum absolute atomic E-state index is 13.7. The number of alkyl halides is 3. The number of hydrogen-bond acceptors (Lipinski definition) is 5. The molecular weight excluding hydrogens is 499 g/mol. The van der Waals surface area contributed by atoms with E-state index in [1.165, 1.54) is 47.9 Å². The standard InChI is InChI=1S/C24H18F3N3O3S2/c25-24(26,27)19-9-5-10-20(15-19)30(16-17-6-2-1-3-7-17)35(32,33)21-11-4-8-18(14-21)22(31)29-23-28-12-13-34-23/h1-15H,16H2,(H,28,29,31). The number of hydrogen-bond donors (Lipinski definition) is 1. The van der Waals surface area contributed by atoms with Gasteiger partial charge in [-0.05, 0) is 42.0 Å². The second-order valence-corrected chi connectivity index (χ2v) is 10.1. The van der Waals surface area contributed by atoms with E-state index in [-0.39, 0.29) is 22.7 Å². The van der Waals surface area contributed by atoms with E-state index >= 15 is 0 Å². The molecule has 1 heterocycles. The molecule has 4 rings (SSSR count). The third kappa shape index (κ3) is 5.69. The van der Waals surface area contributed by atoms with E-state index in [0.29, 0.717) is 10.7 Å². The number of amides is 1. The van der Waals surface area contributed by atoms with Crippen molar-refractivity contribution in [1.29, 1.82) is 0 Å². The van der Waals surface area contributed by atoms with E-state index in [4.69, 9.17) is 0 Å². The molecule has 0 fully saturated rings. The van der Waals surface area contributed by atoms with Gasteiger partial charge in [-0.3, -0.25) is 14.4 Å². The SMILES string of the molecule is O=C(Nc1nccs1)c1cccc(S(=O)(=O)N(Cc2ccccc2)c2cccc(C(F)(F)F)c2)c1. The van der Waals surface area contributed by atoms with Crippen molar-refractivity contribution in [3.8, 4) is 0 Å². The average molecular weight is 518 g/mol. The van der Waals surface area contributed by atoms with Crippen LogP contribution in [0, 0.1) is 0 Å². The number of sulfonamides is 1. The minimum absolute atomic E-state index is 0.0602. The molecule has 1 N–H and O–H groups in total.